The number of rotatable bonds is 4. The maximum absolute atomic E-state index is 12.3. The van der Waals surface area contributed by atoms with Gasteiger partial charge in [0.25, 0.3) is 0 Å². The molecular formula is C12H13F2N3O2. The summed E-state index contributed by atoms with van der Waals surface area (Å²) in [6, 6.07) is 2.86. The van der Waals surface area contributed by atoms with E-state index in [0.29, 0.717) is 23.1 Å². The topological polar surface area (TPSA) is 70.3 Å². The fourth-order valence-electron chi connectivity index (χ4n) is 1.72. The zero-order valence-corrected chi connectivity index (χ0v) is 10.5. The van der Waals surface area contributed by atoms with Gasteiger partial charge in [-0.2, -0.15) is 8.78 Å². The highest BCUT2D eigenvalue weighted by Crippen LogP contribution is 2.34. The molecule has 0 saturated carbocycles. The van der Waals surface area contributed by atoms with Crippen molar-refractivity contribution in [3.63, 3.8) is 0 Å². The van der Waals surface area contributed by atoms with Crippen molar-refractivity contribution in [2.75, 3.05) is 12.8 Å². The number of halogens is 2. The first kappa shape index (κ1) is 13.3. The second kappa shape index (κ2) is 5.21. The first-order valence-electron chi connectivity index (χ1n) is 5.64. The van der Waals surface area contributed by atoms with Crippen LogP contribution in [0.1, 0.15) is 12.7 Å². The molecule has 0 saturated heterocycles. The third-order valence-corrected chi connectivity index (χ3v) is 2.59. The number of alkyl halides is 2. The van der Waals surface area contributed by atoms with Gasteiger partial charge in [-0.15, -0.1) is 0 Å². The molecule has 0 amide bonds. The Labute approximate surface area is 108 Å². The number of hydrogen-bond donors (Lipinski definition) is 1. The van der Waals surface area contributed by atoms with Crippen molar-refractivity contribution >= 4 is 16.7 Å². The molecule has 0 bridgehead atoms. The molecule has 0 unspecified atom stereocenters. The highest BCUT2D eigenvalue weighted by atomic mass is 19.3. The van der Waals surface area contributed by atoms with E-state index in [4.69, 9.17) is 10.5 Å². The zero-order chi connectivity index (χ0) is 14.0. The smallest absolute Gasteiger partial charge is 0.387 e. The lowest BCUT2D eigenvalue weighted by Gasteiger charge is -2.12. The van der Waals surface area contributed by atoms with Crippen molar-refractivity contribution in [1.29, 1.82) is 0 Å². The van der Waals surface area contributed by atoms with E-state index < -0.39 is 6.61 Å². The molecule has 0 fully saturated rings. The van der Waals surface area contributed by atoms with Gasteiger partial charge in [0.05, 0.1) is 12.6 Å². The van der Waals surface area contributed by atoms with E-state index >= 15 is 0 Å². The summed E-state index contributed by atoms with van der Waals surface area (Å²) in [5, 5.41) is 0.538. The van der Waals surface area contributed by atoms with Crippen LogP contribution in [-0.2, 0) is 6.42 Å². The van der Waals surface area contributed by atoms with Crippen LogP contribution in [0.25, 0.3) is 10.9 Å². The molecule has 0 atom stereocenters. The first-order valence-corrected chi connectivity index (χ1v) is 5.64. The molecule has 102 valence electrons. The number of fused-ring (bicyclic) bond motifs is 1. The monoisotopic (exact) mass is 269 g/mol. The van der Waals surface area contributed by atoms with E-state index in [1.807, 2.05) is 6.92 Å². The van der Waals surface area contributed by atoms with Crippen LogP contribution in [0.2, 0.25) is 0 Å². The van der Waals surface area contributed by atoms with Crippen molar-refractivity contribution in [1.82, 2.24) is 9.97 Å². The van der Waals surface area contributed by atoms with Crippen LogP contribution in [0.5, 0.6) is 11.5 Å². The zero-order valence-electron chi connectivity index (χ0n) is 10.5. The van der Waals surface area contributed by atoms with Crippen LogP contribution in [0.4, 0.5) is 14.6 Å². The second-order valence-electron chi connectivity index (χ2n) is 3.78. The van der Waals surface area contributed by atoms with Crippen molar-refractivity contribution in [3.05, 3.63) is 18.0 Å². The SMILES string of the molecule is CCc1nc(N)c2cc(OC)c(OC(F)F)cc2n1. The third kappa shape index (κ3) is 2.64. The molecule has 2 aromatic rings. The molecule has 1 heterocycles. The van der Waals surface area contributed by atoms with Gasteiger partial charge < -0.3 is 15.2 Å². The van der Waals surface area contributed by atoms with E-state index in [9.17, 15) is 8.78 Å². The number of methoxy groups -OCH3 is 1. The Balaban J connectivity index is 2.63. The Morgan fingerprint density at radius 2 is 2.00 bits per heavy atom. The maximum atomic E-state index is 12.3. The van der Waals surface area contributed by atoms with Gasteiger partial charge in [-0.3, -0.25) is 0 Å². The normalized spacial score (nSPS) is 11.0. The predicted molar refractivity (Wildman–Crippen MR) is 66.5 cm³/mol. The summed E-state index contributed by atoms with van der Waals surface area (Å²) in [5.74, 6) is 0.902. The molecule has 7 heteroatoms. The first-order chi connectivity index (χ1) is 9.05. The summed E-state index contributed by atoms with van der Waals surface area (Å²) < 4.78 is 34.0. The number of aromatic nitrogens is 2. The van der Waals surface area contributed by atoms with Crippen LogP contribution in [0.15, 0.2) is 12.1 Å². The van der Waals surface area contributed by atoms with Crippen LogP contribution < -0.4 is 15.2 Å². The Morgan fingerprint density at radius 3 is 2.58 bits per heavy atom. The Kier molecular flexibility index (Phi) is 3.64. The van der Waals surface area contributed by atoms with Gasteiger partial charge in [0.2, 0.25) is 0 Å². The molecule has 0 radical (unpaired) electrons. The number of ether oxygens (including phenoxy) is 2. The lowest BCUT2D eigenvalue weighted by atomic mass is 10.2. The number of benzene rings is 1. The van der Waals surface area contributed by atoms with Gasteiger partial charge in [0, 0.05) is 17.9 Å². The highest BCUT2D eigenvalue weighted by Gasteiger charge is 2.14. The molecule has 19 heavy (non-hydrogen) atoms. The van der Waals surface area contributed by atoms with Gasteiger partial charge >= 0.3 is 6.61 Å². The molecule has 0 spiro atoms. The van der Waals surface area contributed by atoms with Gasteiger partial charge in [0.15, 0.2) is 11.5 Å². The number of nitrogen functional groups attached to an aromatic ring is 1. The van der Waals surface area contributed by atoms with Crippen LogP contribution in [0, 0.1) is 0 Å². The van der Waals surface area contributed by atoms with Crippen molar-refractivity contribution in [2.24, 2.45) is 0 Å². The molecule has 2 rings (SSSR count). The Morgan fingerprint density at radius 1 is 1.26 bits per heavy atom. The third-order valence-electron chi connectivity index (χ3n) is 2.59. The number of hydrogen-bond acceptors (Lipinski definition) is 5. The molecule has 5 nitrogen and oxygen atoms in total. The Hall–Kier alpha value is -2.18. The molecular weight excluding hydrogens is 256 g/mol. The fourth-order valence-corrected chi connectivity index (χ4v) is 1.72. The van der Waals surface area contributed by atoms with Crippen LogP contribution in [-0.4, -0.2) is 23.7 Å². The summed E-state index contributed by atoms with van der Waals surface area (Å²) in [5.41, 5.74) is 6.26. The molecule has 0 aliphatic rings. The number of aryl methyl sites for hydroxylation is 1. The molecule has 0 aliphatic carbocycles. The van der Waals surface area contributed by atoms with Gasteiger partial charge in [-0.05, 0) is 6.07 Å². The van der Waals surface area contributed by atoms with Gasteiger partial charge in [-0.25, -0.2) is 9.97 Å². The summed E-state index contributed by atoms with van der Waals surface area (Å²) in [6.45, 7) is -1.06. The van der Waals surface area contributed by atoms with Gasteiger partial charge in [0.1, 0.15) is 11.6 Å². The van der Waals surface area contributed by atoms with E-state index in [1.54, 1.807) is 0 Å². The summed E-state index contributed by atoms with van der Waals surface area (Å²) in [6.07, 6.45) is 0.594. The van der Waals surface area contributed by atoms with E-state index in [-0.39, 0.29) is 17.3 Å². The lowest BCUT2D eigenvalue weighted by molar-refractivity contribution is -0.0511. The molecule has 2 N–H and O–H groups in total. The van der Waals surface area contributed by atoms with E-state index in [2.05, 4.69) is 14.7 Å². The average molecular weight is 269 g/mol. The molecule has 1 aromatic heterocycles. The minimum absolute atomic E-state index is 0.0786. The van der Waals surface area contributed by atoms with E-state index in [1.165, 1.54) is 19.2 Å². The number of anilines is 1. The van der Waals surface area contributed by atoms with Gasteiger partial charge in [-0.1, -0.05) is 6.92 Å². The standard InChI is InChI=1S/C12H13F2N3O2/c1-3-10-16-7-5-9(19-12(13)14)8(18-2)4-6(7)11(15)17-10/h4-5,12H,3H2,1-2H3,(H2,15,16,17). The van der Waals surface area contributed by atoms with E-state index in [0.717, 1.165) is 0 Å². The lowest BCUT2D eigenvalue weighted by Crippen LogP contribution is -2.05. The van der Waals surface area contributed by atoms with Crippen LogP contribution in [0.3, 0.4) is 0 Å². The Bertz CT molecular complexity index is 605. The molecule has 1 aromatic carbocycles. The summed E-state index contributed by atoms with van der Waals surface area (Å²) in [7, 11) is 1.36. The predicted octanol–water partition coefficient (Wildman–Crippen LogP) is 2.38. The fraction of sp³-hybridized carbons (Fsp3) is 0.333. The average Bonchev–Trinajstić information content (AvgIpc) is 2.37. The number of nitrogens with zero attached hydrogens (tertiary/aromatic N) is 2. The maximum Gasteiger partial charge on any atom is 0.387 e. The minimum Gasteiger partial charge on any atom is -0.493 e. The highest BCUT2D eigenvalue weighted by molar-refractivity contribution is 5.90. The minimum atomic E-state index is -2.93. The molecule has 0 aliphatic heterocycles. The van der Waals surface area contributed by atoms with Crippen LogP contribution >= 0.6 is 0 Å². The largest absolute Gasteiger partial charge is 0.493 e. The second-order valence-corrected chi connectivity index (χ2v) is 3.78. The van der Waals surface area contributed by atoms with Crippen molar-refractivity contribution in [3.8, 4) is 11.5 Å². The van der Waals surface area contributed by atoms with Crippen molar-refractivity contribution < 1.29 is 18.3 Å². The van der Waals surface area contributed by atoms with Crippen molar-refractivity contribution in [2.45, 2.75) is 20.0 Å². The summed E-state index contributed by atoms with van der Waals surface area (Å²) in [4.78, 5) is 8.33. The summed E-state index contributed by atoms with van der Waals surface area (Å²) >= 11 is 0. The number of nitrogens with two attached hydrogens (primary N) is 1. The quantitative estimate of drug-likeness (QED) is 0.922.